The SMILES string of the molecule is COC(=O)N1CCc2[nH]c3ccc(F)cc3c2C1. The zero-order chi connectivity index (χ0) is 12.7. The molecule has 3 rings (SSSR count). The van der Waals surface area contributed by atoms with E-state index in [-0.39, 0.29) is 11.9 Å². The van der Waals surface area contributed by atoms with E-state index in [0.29, 0.717) is 13.1 Å². The third-order valence-electron chi connectivity index (χ3n) is 3.37. The summed E-state index contributed by atoms with van der Waals surface area (Å²) in [6.45, 7) is 1.08. The Kier molecular flexibility index (Phi) is 2.47. The molecule has 0 spiro atoms. The maximum Gasteiger partial charge on any atom is 0.409 e. The highest BCUT2D eigenvalue weighted by Crippen LogP contribution is 2.28. The molecule has 0 saturated heterocycles. The Morgan fingerprint density at radius 3 is 3.11 bits per heavy atom. The fourth-order valence-electron chi connectivity index (χ4n) is 2.47. The molecule has 2 heterocycles. The predicted molar refractivity (Wildman–Crippen MR) is 64.8 cm³/mol. The van der Waals surface area contributed by atoms with Crippen LogP contribution < -0.4 is 0 Å². The van der Waals surface area contributed by atoms with Gasteiger partial charge in [0, 0.05) is 35.1 Å². The van der Waals surface area contributed by atoms with Crippen LogP contribution >= 0.6 is 0 Å². The Balaban J connectivity index is 2.05. The molecule has 1 aliphatic rings. The van der Waals surface area contributed by atoms with Crippen molar-refractivity contribution < 1.29 is 13.9 Å². The Labute approximate surface area is 103 Å². The van der Waals surface area contributed by atoms with Crippen molar-refractivity contribution in [1.29, 1.82) is 0 Å². The summed E-state index contributed by atoms with van der Waals surface area (Å²) in [5.41, 5.74) is 2.98. The number of aromatic amines is 1. The number of methoxy groups -OCH3 is 1. The van der Waals surface area contributed by atoms with Gasteiger partial charge in [-0.05, 0) is 18.2 Å². The maximum atomic E-state index is 13.3. The van der Waals surface area contributed by atoms with Crippen LogP contribution in [0.4, 0.5) is 9.18 Å². The number of amides is 1. The number of hydrogen-bond acceptors (Lipinski definition) is 2. The van der Waals surface area contributed by atoms with Crippen molar-refractivity contribution in [2.24, 2.45) is 0 Å². The smallest absolute Gasteiger partial charge is 0.409 e. The fraction of sp³-hybridized carbons (Fsp3) is 0.308. The lowest BCUT2D eigenvalue weighted by molar-refractivity contribution is 0.119. The first-order valence-corrected chi connectivity index (χ1v) is 5.81. The molecule has 5 heteroatoms. The quantitative estimate of drug-likeness (QED) is 0.778. The van der Waals surface area contributed by atoms with Crippen LogP contribution in [0.2, 0.25) is 0 Å². The number of nitrogens with zero attached hydrogens (tertiary/aromatic N) is 1. The van der Waals surface area contributed by atoms with Gasteiger partial charge in [0.2, 0.25) is 0 Å². The summed E-state index contributed by atoms with van der Waals surface area (Å²) in [4.78, 5) is 16.4. The topological polar surface area (TPSA) is 45.3 Å². The number of ether oxygens (including phenoxy) is 1. The molecule has 0 radical (unpaired) electrons. The number of H-pyrrole nitrogens is 1. The molecule has 0 bridgehead atoms. The molecule has 94 valence electrons. The number of hydrogen-bond donors (Lipinski definition) is 1. The number of rotatable bonds is 0. The third kappa shape index (κ3) is 1.63. The molecule has 1 aromatic heterocycles. The second-order valence-corrected chi connectivity index (χ2v) is 4.41. The molecule has 1 N–H and O–H groups in total. The Morgan fingerprint density at radius 1 is 1.50 bits per heavy atom. The van der Waals surface area contributed by atoms with Crippen LogP contribution in [0.25, 0.3) is 10.9 Å². The second kappa shape index (κ2) is 4.01. The first kappa shape index (κ1) is 11.1. The minimum atomic E-state index is -0.341. The van der Waals surface area contributed by atoms with E-state index in [4.69, 9.17) is 4.74 Å². The van der Waals surface area contributed by atoms with E-state index in [1.807, 2.05) is 0 Å². The first-order valence-electron chi connectivity index (χ1n) is 5.81. The molecule has 4 nitrogen and oxygen atoms in total. The molecule has 0 aliphatic carbocycles. The van der Waals surface area contributed by atoms with Crippen molar-refractivity contribution in [1.82, 2.24) is 9.88 Å². The molecule has 0 fully saturated rings. The molecule has 1 aromatic carbocycles. The number of aromatic nitrogens is 1. The van der Waals surface area contributed by atoms with Gasteiger partial charge in [-0.3, -0.25) is 0 Å². The van der Waals surface area contributed by atoms with Crippen molar-refractivity contribution in [3.63, 3.8) is 0 Å². The number of fused-ring (bicyclic) bond motifs is 3. The highest BCUT2D eigenvalue weighted by Gasteiger charge is 2.24. The average Bonchev–Trinajstić information content (AvgIpc) is 2.75. The van der Waals surface area contributed by atoms with Crippen LogP contribution in [0.3, 0.4) is 0 Å². The fourth-order valence-corrected chi connectivity index (χ4v) is 2.47. The number of carbonyl (C=O) groups is 1. The minimum absolute atomic E-state index is 0.264. The zero-order valence-electron chi connectivity index (χ0n) is 10.00. The van der Waals surface area contributed by atoms with E-state index < -0.39 is 0 Å². The van der Waals surface area contributed by atoms with E-state index in [2.05, 4.69) is 4.98 Å². The molecular formula is C13H13FN2O2. The largest absolute Gasteiger partial charge is 0.453 e. The molecule has 18 heavy (non-hydrogen) atoms. The molecule has 1 aliphatic heterocycles. The van der Waals surface area contributed by atoms with Gasteiger partial charge in [-0.25, -0.2) is 9.18 Å². The van der Waals surface area contributed by atoms with Gasteiger partial charge in [-0.1, -0.05) is 0 Å². The molecule has 0 unspecified atom stereocenters. The summed E-state index contributed by atoms with van der Waals surface area (Å²) in [6, 6.07) is 4.67. The molecule has 0 saturated carbocycles. The minimum Gasteiger partial charge on any atom is -0.453 e. The standard InChI is InChI=1S/C13H13FN2O2/c1-18-13(17)16-5-4-12-10(7-16)9-6-8(14)2-3-11(9)15-12/h2-3,6,15H,4-5,7H2,1H3. The van der Waals surface area contributed by atoms with Gasteiger partial charge in [-0.2, -0.15) is 0 Å². The van der Waals surface area contributed by atoms with Crippen LogP contribution in [-0.2, 0) is 17.7 Å². The van der Waals surface area contributed by atoms with E-state index in [9.17, 15) is 9.18 Å². The van der Waals surface area contributed by atoms with Gasteiger partial charge in [0.15, 0.2) is 0 Å². The third-order valence-corrected chi connectivity index (χ3v) is 3.37. The average molecular weight is 248 g/mol. The summed E-state index contributed by atoms with van der Waals surface area (Å²) in [7, 11) is 1.37. The Bertz CT molecular complexity index is 621. The Hall–Kier alpha value is -2.04. The van der Waals surface area contributed by atoms with Crippen molar-refractivity contribution in [2.45, 2.75) is 13.0 Å². The van der Waals surface area contributed by atoms with E-state index >= 15 is 0 Å². The summed E-state index contributed by atoms with van der Waals surface area (Å²) in [5, 5.41) is 0.846. The van der Waals surface area contributed by atoms with E-state index in [0.717, 1.165) is 28.6 Å². The van der Waals surface area contributed by atoms with Gasteiger partial charge >= 0.3 is 6.09 Å². The summed E-state index contributed by atoms with van der Waals surface area (Å²) in [6.07, 6.45) is 0.396. The van der Waals surface area contributed by atoms with Gasteiger partial charge in [0.25, 0.3) is 0 Å². The van der Waals surface area contributed by atoms with Crippen LogP contribution in [0, 0.1) is 5.82 Å². The molecule has 2 aromatic rings. The monoisotopic (exact) mass is 248 g/mol. The van der Waals surface area contributed by atoms with E-state index in [1.54, 1.807) is 11.0 Å². The van der Waals surface area contributed by atoms with Crippen LogP contribution in [-0.4, -0.2) is 29.6 Å². The normalized spacial score (nSPS) is 14.7. The Morgan fingerprint density at radius 2 is 2.33 bits per heavy atom. The van der Waals surface area contributed by atoms with Crippen LogP contribution in [0.5, 0.6) is 0 Å². The summed E-state index contributed by atoms with van der Waals surface area (Å²) < 4.78 is 18.0. The molecular weight excluding hydrogens is 235 g/mol. The molecule has 1 amide bonds. The zero-order valence-corrected chi connectivity index (χ0v) is 10.00. The maximum absolute atomic E-state index is 13.3. The second-order valence-electron chi connectivity index (χ2n) is 4.41. The molecule has 0 atom stereocenters. The van der Waals surface area contributed by atoms with Crippen LogP contribution in [0.1, 0.15) is 11.3 Å². The number of nitrogens with one attached hydrogen (secondary N) is 1. The van der Waals surface area contributed by atoms with Gasteiger partial charge in [-0.15, -0.1) is 0 Å². The van der Waals surface area contributed by atoms with Gasteiger partial charge in [0.05, 0.1) is 13.7 Å². The predicted octanol–water partition coefficient (Wildman–Crippen LogP) is 2.43. The van der Waals surface area contributed by atoms with Crippen LogP contribution in [0.15, 0.2) is 18.2 Å². The van der Waals surface area contributed by atoms with E-state index in [1.165, 1.54) is 19.2 Å². The lowest BCUT2D eigenvalue weighted by Gasteiger charge is -2.25. The highest BCUT2D eigenvalue weighted by molar-refractivity contribution is 5.85. The number of benzene rings is 1. The lowest BCUT2D eigenvalue weighted by atomic mass is 10.0. The van der Waals surface area contributed by atoms with Crippen molar-refractivity contribution in [2.75, 3.05) is 13.7 Å². The summed E-state index contributed by atoms with van der Waals surface area (Å²) >= 11 is 0. The highest BCUT2D eigenvalue weighted by atomic mass is 19.1. The number of carbonyl (C=O) groups excluding carboxylic acids is 1. The van der Waals surface area contributed by atoms with Crippen molar-refractivity contribution >= 4 is 17.0 Å². The van der Waals surface area contributed by atoms with Gasteiger partial charge in [0.1, 0.15) is 5.82 Å². The summed E-state index contributed by atoms with van der Waals surface area (Å²) in [5.74, 6) is -0.264. The number of halogens is 1. The van der Waals surface area contributed by atoms with Crippen molar-refractivity contribution in [3.8, 4) is 0 Å². The van der Waals surface area contributed by atoms with Gasteiger partial charge < -0.3 is 14.6 Å². The first-order chi connectivity index (χ1) is 8.69. The van der Waals surface area contributed by atoms with Crippen molar-refractivity contribution in [3.05, 3.63) is 35.3 Å². The lowest BCUT2D eigenvalue weighted by Crippen LogP contribution is -2.35.